The number of carboxylic acid groups (broad SMARTS) is 1. The fourth-order valence-corrected chi connectivity index (χ4v) is 2.70. The van der Waals surface area contributed by atoms with Crippen LogP contribution in [0.25, 0.3) is 0 Å². The Morgan fingerprint density at radius 2 is 2.18 bits per heavy atom. The molecule has 1 atom stereocenters. The SMILES string of the molecule is CCN1CC(C(=O)N(C)Cc2cc(C(=O)O)c(C)o2)CC1=O. The van der Waals surface area contributed by atoms with Gasteiger partial charge in [0.05, 0.1) is 12.5 Å². The molecule has 1 aromatic rings. The Hall–Kier alpha value is -2.31. The number of aryl methyl sites for hydroxylation is 1. The van der Waals surface area contributed by atoms with E-state index in [1.165, 1.54) is 11.0 Å². The van der Waals surface area contributed by atoms with Crippen molar-refractivity contribution in [3.8, 4) is 0 Å². The molecule has 0 aliphatic carbocycles. The van der Waals surface area contributed by atoms with Crippen LogP contribution in [-0.4, -0.2) is 52.8 Å². The van der Waals surface area contributed by atoms with Gasteiger partial charge in [0, 0.05) is 26.6 Å². The van der Waals surface area contributed by atoms with Crippen LogP contribution in [0.3, 0.4) is 0 Å². The molecule has 0 aromatic carbocycles. The summed E-state index contributed by atoms with van der Waals surface area (Å²) in [5.41, 5.74) is 0.101. The van der Waals surface area contributed by atoms with Gasteiger partial charge in [0.15, 0.2) is 0 Å². The Bertz CT molecular complexity index is 607. The summed E-state index contributed by atoms with van der Waals surface area (Å²) in [6, 6.07) is 1.43. The summed E-state index contributed by atoms with van der Waals surface area (Å²) in [7, 11) is 1.62. The van der Waals surface area contributed by atoms with E-state index in [-0.39, 0.29) is 36.3 Å². The summed E-state index contributed by atoms with van der Waals surface area (Å²) >= 11 is 0. The summed E-state index contributed by atoms with van der Waals surface area (Å²) in [4.78, 5) is 38.2. The lowest BCUT2D eigenvalue weighted by atomic mass is 10.1. The molecule has 1 N–H and O–H groups in total. The molecule has 7 nitrogen and oxygen atoms in total. The van der Waals surface area contributed by atoms with Gasteiger partial charge in [-0.25, -0.2) is 4.79 Å². The van der Waals surface area contributed by atoms with Gasteiger partial charge in [-0.2, -0.15) is 0 Å². The van der Waals surface area contributed by atoms with Gasteiger partial charge in [-0.05, 0) is 19.9 Å². The zero-order valence-electron chi connectivity index (χ0n) is 13.0. The molecule has 1 unspecified atom stereocenters. The normalized spacial score (nSPS) is 17.9. The number of furan rings is 1. The minimum absolute atomic E-state index is 0.00347. The van der Waals surface area contributed by atoms with Crippen LogP contribution in [0.2, 0.25) is 0 Å². The summed E-state index contributed by atoms with van der Waals surface area (Å²) in [6.45, 7) is 4.68. The Morgan fingerprint density at radius 1 is 1.50 bits per heavy atom. The number of likely N-dealkylation sites (tertiary alicyclic amines) is 1. The second-order valence-corrected chi connectivity index (χ2v) is 5.52. The van der Waals surface area contributed by atoms with Crippen molar-refractivity contribution < 1.29 is 23.9 Å². The summed E-state index contributed by atoms with van der Waals surface area (Å²) in [6.07, 6.45) is 0.231. The molecule has 2 amide bonds. The van der Waals surface area contributed by atoms with Crippen LogP contribution in [-0.2, 0) is 16.1 Å². The first-order chi connectivity index (χ1) is 10.3. The van der Waals surface area contributed by atoms with E-state index in [0.717, 1.165) is 0 Å². The van der Waals surface area contributed by atoms with Crippen molar-refractivity contribution in [2.45, 2.75) is 26.8 Å². The van der Waals surface area contributed by atoms with Crippen LogP contribution < -0.4 is 0 Å². The fourth-order valence-electron chi connectivity index (χ4n) is 2.70. The van der Waals surface area contributed by atoms with Crippen LogP contribution in [0.15, 0.2) is 10.5 Å². The van der Waals surface area contributed by atoms with Crippen molar-refractivity contribution in [1.82, 2.24) is 9.80 Å². The average Bonchev–Trinajstić information content (AvgIpc) is 3.00. The molecule has 22 heavy (non-hydrogen) atoms. The zero-order valence-corrected chi connectivity index (χ0v) is 13.0. The molecule has 0 saturated carbocycles. The van der Waals surface area contributed by atoms with E-state index in [1.54, 1.807) is 18.9 Å². The van der Waals surface area contributed by atoms with Gasteiger partial charge in [-0.1, -0.05) is 0 Å². The van der Waals surface area contributed by atoms with Crippen molar-refractivity contribution in [2.75, 3.05) is 20.1 Å². The maximum atomic E-state index is 12.4. The molecule has 1 aliphatic heterocycles. The first kappa shape index (κ1) is 16.1. The van der Waals surface area contributed by atoms with E-state index in [2.05, 4.69) is 0 Å². The third-order valence-corrected chi connectivity index (χ3v) is 3.91. The molecule has 1 aliphatic rings. The maximum Gasteiger partial charge on any atom is 0.339 e. The predicted octanol–water partition coefficient (Wildman–Crippen LogP) is 1.11. The first-order valence-electron chi connectivity index (χ1n) is 7.18. The van der Waals surface area contributed by atoms with Crippen molar-refractivity contribution in [3.05, 3.63) is 23.2 Å². The van der Waals surface area contributed by atoms with Crippen LogP contribution >= 0.6 is 0 Å². The highest BCUT2D eigenvalue weighted by atomic mass is 16.4. The molecule has 0 bridgehead atoms. The minimum Gasteiger partial charge on any atom is -0.478 e. The number of carbonyl (C=O) groups excluding carboxylic acids is 2. The van der Waals surface area contributed by atoms with Gasteiger partial charge >= 0.3 is 5.97 Å². The Morgan fingerprint density at radius 3 is 2.68 bits per heavy atom. The molecule has 1 aromatic heterocycles. The minimum atomic E-state index is -1.05. The Labute approximate surface area is 128 Å². The highest BCUT2D eigenvalue weighted by Gasteiger charge is 2.35. The van der Waals surface area contributed by atoms with Gasteiger partial charge in [0.25, 0.3) is 0 Å². The molecule has 0 spiro atoms. The van der Waals surface area contributed by atoms with E-state index in [0.29, 0.717) is 24.6 Å². The van der Waals surface area contributed by atoms with E-state index in [4.69, 9.17) is 9.52 Å². The standard InChI is InChI=1S/C15H20N2O5/c1-4-17-7-10(5-13(17)18)14(19)16(3)8-11-6-12(15(20)21)9(2)22-11/h6,10H,4-5,7-8H2,1-3H3,(H,20,21). The summed E-state index contributed by atoms with van der Waals surface area (Å²) in [5, 5.41) is 9.00. The summed E-state index contributed by atoms with van der Waals surface area (Å²) in [5.74, 6) is -0.792. The molecule has 0 radical (unpaired) electrons. The Balaban J connectivity index is 2.01. The third kappa shape index (κ3) is 3.13. The number of carbonyl (C=O) groups is 3. The number of amides is 2. The monoisotopic (exact) mass is 308 g/mol. The van der Waals surface area contributed by atoms with E-state index < -0.39 is 5.97 Å². The maximum absolute atomic E-state index is 12.4. The molecule has 2 rings (SSSR count). The lowest BCUT2D eigenvalue weighted by Crippen LogP contribution is -2.34. The molecule has 2 heterocycles. The molecule has 120 valence electrons. The van der Waals surface area contributed by atoms with Crippen LogP contribution in [0.5, 0.6) is 0 Å². The van der Waals surface area contributed by atoms with Crippen LogP contribution in [0, 0.1) is 12.8 Å². The van der Waals surface area contributed by atoms with Crippen LogP contribution in [0.1, 0.15) is 35.2 Å². The summed E-state index contributed by atoms with van der Waals surface area (Å²) < 4.78 is 5.37. The fraction of sp³-hybridized carbons (Fsp3) is 0.533. The number of rotatable bonds is 5. The smallest absolute Gasteiger partial charge is 0.339 e. The second kappa shape index (κ2) is 6.21. The van der Waals surface area contributed by atoms with Crippen molar-refractivity contribution in [2.24, 2.45) is 5.92 Å². The van der Waals surface area contributed by atoms with Gasteiger partial charge < -0.3 is 19.3 Å². The highest BCUT2D eigenvalue weighted by Crippen LogP contribution is 2.21. The van der Waals surface area contributed by atoms with Crippen LogP contribution in [0.4, 0.5) is 0 Å². The van der Waals surface area contributed by atoms with Crippen molar-refractivity contribution >= 4 is 17.8 Å². The Kier molecular flexibility index (Phi) is 4.54. The zero-order chi connectivity index (χ0) is 16.4. The second-order valence-electron chi connectivity index (χ2n) is 5.52. The average molecular weight is 308 g/mol. The topological polar surface area (TPSA) is 91.1 Å². The predicted molar refractivity (Wildman–Crippen MR) is 77.2 cm³/mol. The van der Waals surface area contributed by atoms with E-state index in [1.807, 2.05) is 6.92 Å². The number of aromatic carboxylic acids is 1. The molecular weight excluding hydrogens is 288 g/mol. The largest absolute Gasteiger partial charge is 0.478 e. The van der Waals surface area contributed by atoms with Crippen molar-refractivity contribution in [1.29, 1.82) is 0 Å². The van der Waals surface area contributed by atoms with E-state index in [9.17, 15) is 14.4 Å². The quantitative estimate of drug-likeness (QED) is 0.880. The third-order valence-electron chi connectivity index (χ3n) is 3.91. The molecular formula is C15H20N2O5. The molecule has 1 fully saturated rings. The first-order valence-corrected chi connectivity index (χ1v) is 7.18. The number of nitrogens with zero attached hydrogens (tertiary/aromatic N) is 2. The number of hydrogen-bond donors (Lipinski definition) is 1. The lowest BCUT2D eigenvalue weighted by molar-refractivity contribution is -0.135. The van der Waals surface area contributed by atoms with Gasteiger partial charge in [-0.15, -0.1) is 0 Å². The van der Waals surface area contributed by atoms with Crippen molar-refractivity contribution in [3.63, 3.8) is 0 Å². The van der Waals surface area contributed by atoms with Gasteiger partial charge in [0.1, 0.15) is 17.1 Å². The van der Waals surface area contributed by atoms with Gasteiger partial charge in [0.2, 0.25) is 11.8 Å². The molecule has 7 heteroatoms. The van der Waals surface area contributed by atoms with E-state index >= 15 is 0 Å². The number of hydrogen-bond acceptors (Lipinski definition) is 4. The van der Waals surface area contributed by atoms with Gasteiger partial charge in [-0.3, -0.25) is 9.59 Å². The lowest BCUT2D eigenvalue weighted by Gasteiger charge is -2.20. The number of carboxylic acids is 1. The molecule has 1 saturated heterocycles. The highest BCUT2D eigenvalue weighted by molar-refractivity contribution is 5.90.